The molecule has 1 rings (SSSR count). The van der Waals surface area contributed by atoms with Gasteiger partial charge >= 0.3 is 0 Å². The monoisotopic (exact) mass is 158 g/mol. The molecule has 0 saturated heterocycles. The lowest BCUT2D eigenvalue weighted by molar-refractivity contribution is 0.0632. The zero-order chi connectivity index (χ0) is 8.10. The molecule has 0 aromatic carbocycles. The number of hydrogen-bond acceptors (Lipinski definition) is 2. The Morgan fingerprint density at radius 2 is 1.91 bits per heavy atom. The van der Waals surface area contributed by atoms with Crippen LogP contribution < -0.4 is 0 Å². The third-order valence-electron chi connectivity index (χ3n) is 2.68. The fourth-order valence-electron chi connectivity index (χ4n) is 1.96. The van der Waals surface area contributed by atoms with Crippen LogP contribution in [0.3, 0.4) is 0 Å². The fourth-order valence-corrected chi connectivity index (χ4v) is 1.96. The van der Waals surface area contributed by atoms with E-state index in [9.17, 15) is 0 Å². The molecule has 1 N–H and O–H groups in total. The highest BCUT2D eigenvalue weighted by Gasteiger charge is 2.23. The molecule has 66 valence electrons. The lowest BCUT2D eigenvalue weighted by Crippen LogP contribution is -2.26. The first-order valence-corrected chi connectivity index (χ1v) is 4.48. The predicted molar refractivity (Wildman–Crippen MR) is 44.4 cm³/mol. The van der Waals surface area contributed by atoms with Crippen LogP contribution >= 0.6 is 0 Å². The third-order valence-corrected chi connectivity index (χ3v) is 2.68. The Hall–Kier alpha value is -0.0800. The summed E-state index contributed by atoms with van der Waals surface area (Å²) < 4.78 is 5.10. The molecule has 0 aromatic rings. The Labute approximate surface area is 68.6 Å². The van der Waals surface area contributed by atoms with E-state index in [-0.39, 0.29) is 0 Å². The highest BCUT2D eigenvalue weighted by molar-refractivity contribution is 4.74. The van der Waals surface area contributed by atoms with Crippen LogP contribution in [0.15, 0.2) is 0 Å². The fraction of sp³-hybridized carbons (Fsp3) is 1.00. The largest absolute Gasteiger partial charge is 0.396 e. The Kier molecular flexibility index (Phi) is 3.87. The van der Waals surface area contributed by atoms with Gasteiger partial charge in [-0.25, -0.2) is 0 Å². The molecule has 0 aliphatic heterocycles. The molecule has 2 unspecified atom stereocenters. The quantitative estimate of drug-likeness (QED) is 0.673. The zero-order valence-corrected chi connectivity index (χ0v) is 7.25. The van der Waals surface area contributed by atoms with Gasteiger partial charge in [0.1, 0.15) is 0 Å². The Morgan fingerprint density at radius 3 is 2.45 bits per heavy atom. The van der Waals surface area contributed by atoms with Crippen molar-refractivity contribution in [3.8, 4) is 0 Å². The second-order valence-corrected chi connectivity index (χ2v) is 3.44. The van der Waals surface area contributed by atoms with Gasteiger partial charge in [-0.15, -0.1) is 0 Å². The van der Waals surface area contributed by atoms with Crippen LogP contribution in [0.5, 0.6) is 0 Å². The number of aliphatic hydroxyl groups excluding tert-OH is 1. The van der Waals surface area contributed by atoms with Crippen molar-refractivity contribution >= 4 is 0 Å². The predicted octanol–water partition coefficient (Wildman–Crippen LogP) is 1.43. The number of rotatable bonds is 3. The van der Waals surface area contributed by atoms with Crippen LogP contribution in [0.4, 0.5) is 0 Å². The summed E-state index contributed by atoms with van der Waals surface area (Å²) in [6.45, 7) is 1.17. The average Bonchev–Trinajstić information content (AvgIpc) is 2.06. The summed E-state index contributed by atoms with van der Waals surface area (Å²) in [5.74, 6) is 1.11. The first-order chi connectivity index (χ1) is 5.38. The number of ether oxygens (including phenoxy) is 1. The van der Waals surface area contributed by atoms with E-state index in [0.29, 0.717) is 18.4 Å². The number of aliphatic hydroxyl groups is 1. The van der Waals surface area contributed by atoms with Crippen molar-refractivity contribution in [1.29, 1.82) is 0 Å². The number of methoxy groups -OCH3 is 1. The summed E-state index contributed by atoms with van der Waals surface area (Å²) in [7, 11) is 1.74. The Morgan fingerprint density at radius 1 is 1.27 bits per heavy atom. The molecule has 0 amide bonds. The molecule has 0 spiro atoms. The minimum Gasteiger partial charge on any atom is -0.396 e. The highest BCUT2D eigenvalue weighted by Crippen LogP contribution is 2.29. The summed E-state index contributed by atoms with van der Waals surface area (Å²) in [6, 6.07) is 0. The summed E-state index contributed by atoms with van der Waals surface area (Å²) in [5, 5.41) is 9.03. The first-order valence-electron chi connectivity index (χ1n) is 4.48. The Balaban J connectivity index is 2.31. The van der Waals surface area contributed by atoms with Crippen molar-refractivity contribution in [3.05, 3.63) is 0 Å². The van der Waals surface area contributed by atoms with E-state index in [2.05, 4.69) is 0 Å². The minimum atomic E-state index is 0.341. The van der Waals surface area contributed by atoms with Crippen LogP contribution in [0.2, 0.25) is 0 Å². The standard InChI is InChI=1S/C9H18O2/c1-11-7-9-5-3-2-4-8(9)6-10/h8-10H,2-7H2,1H3. The van der Waals surface area contributed by atoms with Crippen molar-refractivity contribution in [2.24, 2.45) is 11.8 Å². The van der Waals surface area contributed by atoms with Crippen LogP contribution in [0, 0.1) is 11.8 Å². The van der Waals surface area contributed by atoms with Crippen LogP contribution in [-0.4, -0.2) is 25.4 Å². The third kappa shape index (κ3) is 2.46. The molecular formula is C9H18O2. The van der Waals surface area contributed by atoms with E-state index in [1.807, 2.05) is 0 Å². The molecule has 2 nitrogen and oxygen atoms in total. The van der Waals surface area contributed by atoms with Gasteiger partial charge in [0.05, 0.1) is 0 Å². The maximum Gasteiger partial charge on any atom is 0.0493 e. The van der Waals surface area contributed by atoms with Gasteiger partial charge in [-0.3, -0.25) is 0 Å². The molecule has 0 heterocycles. The SMILES string of the molecule is COCC1CCCCC1CO. The first kappa shape index (κ1) is 9.01. The van der Waals surface area contributed by atoms with E-state index in [0.717, 1.165) is 6.61 Å². The van der Waals surface area contributed by atoms with Gasteiger partial charge < -0.3 is 9.84 Å². The molecule has 0 bridgehead atoms. The summed E-state index contributed by atoms with van der Waals surface area (Å²) in [5.41, 5.74) is 0. The highest BCUT2D eigenvalue weighted by atomic mass is 16.5. The normalized spacial score (nSPS) is 32.2. The van der Waals surface area contributed by atoms with E-state index in [1.54, 1.807) is 7.11 Å². The molecule has 1 fully saturated rings. The zero-order valence-electron chi connectivity index (χ0n) is 7.25. The van der Waals surface area contributed by atoms with E-state index < -0.39 is 0 Å². The van der Waals surface area contributed by atoms with E-state index in [4.69, 9.17) is 9.84 Å². The molecule has 2 heteroatoms. The van der Waals surface area contributed by atoms with Gasteiger partial charge in [0, 0.05) is 20.3 Å². The van der Waals surface area contributed by atoms with Gasteiger partial charge in [-0.1, -0.05) is 12.8 Å². The molecule has 1 aliphatic carbocycles. The maximum absolute atomic E-state index is 9.03. The van der Waals surface area contributed by atoms with E-state index in [1.165, 1.54) is 25.7 Å². The summed E-state index contributed by atoms with van der Waals surface area (Å²) >= 11 is 0. The molecule has 11 heavy (non-hydrogen) atoms. The molecular weight excluding hydrogens is 140 g/mol. The number of hydrogen-bond donors (Lipinski definition) is 1. The second kappa shape index (κ2) is 4.73. The van der Waals surface area contributed by atoms with Crippen molar-refractivity contribution in [1.82, 2.24) is 0 Å². The average molecular weight is 158 g/mol. The summed E-state index contributed by atoms with van der Waals surface area (Å²) in [6.07, 6.45) is 5.01. The second-order valence-electron chi connectivity index (χ2n) is 3.44. The molecule has 0 radical (unpaired) electrons. The van der Waals surface area contributed by atoms with Crippen LogP contribution in [0.25, 0.3) is 0 Å². The lowest BCUT2D eigenvalue weighted by atomic mass is 9.80. The van der Waals surface area contributed by atoms with Gasteiger partial charge in [-0.2, -0.15) is 0 Å². The smallest absolute Gasteiger partial charge is 0.0493 e. The van der Waals surface area contributed by atoms with Gasteiger partial charge in [0.15, 0.2) is 0 Å². The van der Waals surface area contributed by atoms with Crippen LogP contribution in [0.1, 0.15) is 25.7 Å². The van der Waals surface area contributed by atoms with Gasteiger partial charge in [0.2, 0.25) is 0 Å². The van der Waals surface area contributed by atoms with Crippen molar-refractivity contribution in [2.75, 3.05) is 20.3 Å². The minimum absolute atomic E-state index is 0.341. The lowest BCUT2D eigenvalue weighted by Gasteiger charge is -2.29. The van der Waals surface area contributed by atoms with Crippen molar-refractivity contribution < 1.29 is 9.84 Å². The maximum atomic E-state index is 9.03. The molecule has 1 aliphatic rings. The Bertz CT molecular complexity index is 102. The van der Waals surface area contributed by atoms with Crippen molar-refractivity contribution in [2.45, 2.75) is 25.7 Å². The van der Waals surface area contributed by atoms with E-state index >= 15 is 0 Å². The van der Waals surface area contributed by atoms with Gasteiger partial charge in [0.25, 0.3) is 0 Å². The molecule has 2 atom stereocenters. The van der Waals surface area contributed by atoms with Crippen LogP contribution in [-0.2, 0) is 4.74 Å². The summed E-state index contributed by atoms with van der Waals surface area (Å²) in [4.78, 5) is 0. The molecule has 0 aromatic heterocycles. The van der Waals surface area contributed by atoms with Crippen molar-refractivity contribution in [3.63, 3.8) is 0 Å². The van der Waals surface area contributed by atoms with Gasteiger partial charge in [-0.05, 0) is 24.7 Å². The topological polar surface area (TPSA) is 29.5 Å². The molecule has 1 saturated carbocycles.